The van der Waals surface area contributed by atoms with Gasteiger partial charge in [-0.3, -0.25) is 4.68 Å². The van der Waals surface area contributed by atoms with E-state index in [0.29, 0.717) is 23.3 Å². The topological polar surface area (TPSA) is 93.7 Å². The van der Waals surface area contributed by atoms with Gasteiger partial charge in [0, 0.05) is 30.9 Å². The highest BCUT2D eigenvalue weighted by Gasteiger charge is 2.07. The molecule has 7 nitrogen and oxygen atoms in total. The first-order chi connectivity index (χ1) is 10.2. The van der Waals surface area contributed by atoms with E-state index in [1.165, 1.54) is 0 Å². The van der Waals surface area contributed by atoms with Crippen molar-refractivity contribution in [3.8, 4) is 11.4 Å². The van der Waals surface area contributed by atoms with E-state index in [1.54, 1.807) is 10.7 Å². The van der Waals surface area contributed by atoms with E-state index in [2.05, 4.69) is 25.8 Å². The Morgan fingerprint density at radius 1 is 1.00 bits per heavy atom. The van der Waals surface area contributed by atoms with Crippen LogP contribution in [-0.2, 0) is 7.05 Å². The standard InChI is InChI=1S/C14H15N7/c1-21-8-7-11(20-21)16-12-9-13(19-15)18-14(17-12)10-5-3-2-4-6-10/h2-9H,15H2,1H3,(H2,16,17,18,19,20). The highest BCUT2D eigenvalue weighted by molar-refractivity contribution is 5.63. The zero-order chi connectivity index (χ0) is 14.7. The first kappa shape index (κ1) is 13.1. The van der Waals surface area contributed by atoms with Gasteiger partial charge in [0.25, 0.3) is 0 Å². The predicted octanol–water partition coefficient (Wildman–Crippen LogP) is 1.91. The number of nitrogens with zero attached hydrogens (tertiary/aromatic N) is 4. The molecule has 0 spiro atoms. The number of nitrogen functional groups attached to an aromatic ring is 1. The van der Waals surface area contributed by atoms with Crippen LogP contribution in [0.3, 0.4) is 0 Å². The lowest BCUT2D eigenvalue weighted by Gasteiger charge is -2.08. The normalized spacial score (nSPS) is 10.4. The predicted molar refractivity (Wildman–Crippen MR) is 81.8 cm³/mol. The molecule has 0 aliphatic carbocycles. The summed E-state index contributed by atoms with van der Waals surface area (Å²) in [6.45, 7) is 0. The molecule has 0 unspecified atom stereocenters. The maximum Gasteiger partial charge on any atom is 0.163 e. The summed E-state index contributed by atoms with van der Waals surface area (Å²) in [6, 6.07) is 13.3. The van der Waals surface area contributed by atoms with Crippen LogP contribution in [0, 0.1) is 0 Å². The number of anilines is 3. The molecule has 1 aromatic carbocycles. The maximum atomic E-state index is 5.48. The monoisotopic (exact) mass is 281 g/mol. The average molecular weight is 281 g/mol. The Morgan fingerprint density at radius 3 is 2.43 bits per heavy atom. The molecule has 4 N–H and O–H groups in total. The average Bonchev–Trinajstić information content (AvgIpc) is 2.93. The zero-order valence-electron chi connectivity index (χ0n) is 11.5. The SMILES string of the molecule is Cn1ccc(Nc2cc(NN)nc(-c3ccccc3)n2)n1. The van der Waals surface area contributed by atoms with E-state index in [1.807, 2.05) is 49.6 Å². The second-order valence-electron chi connectivity index (χ2n) is 4.47. The van der Waals surface area contributed by atoms with E-state index in [4.69, 9.17) is 5.84 Å². The van der Waals surface area contributed by atoms with Gasteiger partial charge >= 0.3 is 0 Å². The van der Waals surface area contributed by atoms with Crippen molar-refractivity contribution in [2.45, 2.75) is 0 Å². The van der Waals surface area contributed by atoms with Crippen molar-refractivity contribution in [1.82, 2.24) is 19.7 Å². The molecule has 21 heavy (non-hydrogen) atoms. The Bertz CT molecular complexity index is 736. The van der Waals surface area contributed by atoms with E-state index in [-0.39, 0.29) is 0 Å². The number of aromatic nitrogens is 4. The summed E-state index contributed by atoms with van der Waals surface area (Å²) >= 11 is 0. The van der Waals surface area contributed by atoms with Crippen LogP contribution in [-0.4, -0.2) is 19.7 Å². The number of benzene rings is 1. The summed E-state index contributed by atoms with van der Waals surface area (Å²) in [5, 5.41) is 7.39. The van der Waals surface area contributed by atoms with Crippen molar-refractivity contribution in [2.75, 3.05) is 10.7 Å². The fourth-order valence-corrected chi connectivity index (χ4v) is 1.91. The van der Waals surface area contributed by atoms with Crippen LogP contribution in [0.25, 0.3) is 11.4 Å². The third kappa shape index (κ3) is 2.98. The van der Waals surface area contributed by atoms with Gasteiger partial charge in [-0.05, 0) is 0 Å². The van der Waals surface area contributed by atoms with Gasteiger partial charge in [-0.25, -0.2) is 15.8 Å². The molecule has 0 fully saturated rings. The summed E-state index contributed by atoms with van der Waals surface area (Å²) in [6.07, 6.45) is 1.85. The zero-order valence-corrected chi connectivity index (χ0v) is 11.5. The number of nitrogens with two attached hydrogens (primary N) is 1. The molecule has 2 aromatic heterocycles. The van der Waals surface area contributed by atoms with Crippen LogP contribution in [0.5, 0.6) is 0 Å². The van der Waals surface area contributed by atoms with E-state index in [9.17, 15) is 0 Å². The van der Waals surface area contributed by atoms with Gasteiger partial charge in [0.05, 0.1) is 0 Å². The van der Waals surface area contributed by atoms with Gasteiger partial charge in [-0.2, -0.15) is 5.10 Å². The van der Waals surface area contributed by atoms with Gasteiger partial charge in [-0.15, -0.1) is 0 Å². The molecule has 0 aliphatic heterocycles. The fourth-order valence-electron chi connectivity index (χ4n) is 1.91. The highest BCUT2D eigenvalue weighted by atomic mass is 15.3. The van der Waals surface area contributed by atoms with Gasteiger partial charge in [-0.1, -0.05) is 30.3 Å². The van der Waals surface area contributed by atoms with Crippen LogP contribution >= 0.6 is 0 Å². The quantitative estimate of drug-likeness (QED) is 0.499. The van der Waals surface area contributed by atoms with Crippen molar-refractivity contribution in [3.63, 3.8) is 0 Å². The van der Waals surface area contributed by atoms with Crippen LogP contribution in [0.15, 0.2) is 48.7 Å². The highest BCUT2D eigenvalue weighted by Crippen LogP contribution is 2.21. The first-order valence-corrected chi connectivity index (χ1v) is 6.42. The third-order valence-electron chi connectivity index (χ3n) is 2.88. The first-order valence-electron chi connectivity index (χ1n) is 6.42. The van der Waals surface area contributed by atoms with E-state index >= 15 is 0 Å². The summed E-state index contributed by atoms with van der Waals surface area (Å²) in [7, 11) is 1.85. The summed E-state index contributed by atoms with van der Waals surface area (Å²) < 4.78 is 1.71. The lowest BCUT2D eigenvalue weighted by Crippen LogP contribution is -2.10. The second-order valence-corrected chi connectivity index (χ2v) is 4.47. The lowest BCUT2D eigenvalue weighted by molar-refractivity contribution is 0.771. The summed E-state index contributed by atoms with van der Waals surface area (Å²) in [4.78, 5) is 8.85. The molecular formula is C14H15N7. The van der Waals surface area contributed by atoms with Crippen LogP contribution in [0.2, 0.25) is 0 Å². The number of hydrogen-bond donors (Lipinski definition) is 3. The van der Waals surface area contributed by atoms with Crippen molar-refractivity contribution in [3.05, 3.63) is 48.7 Å². The Labute approximate surface area is 121 Å². The Balaban J connectivity index is 1.97. The van der Waals surface area contributed by atoms with Crippen molar-refractivity contribution in [1.29, 1.82) is 0 Å². The van der Waals surface area contributed by atoms with Gasteiger partial charge in [0.15, 0.2) is 11.6 Å². The fraction of sp³-hybridized carbons (Fsp3) is 0.0714. The van der Waals surface area contributed by atoms with Crippen LogP contribution < -0.4 is 16.6 Å². The minimum Gasteiger partial charge on any atom is -0.323 e. The number of nitrogens with one attached hydrogen (secondary N) is 2. The number of rotatable bonds is 4. The largest absolute Gasteiger partial charge is 0.323 e. The van der Waals surface area contributed by atoms with Gasteiger partial charge < -0.3 is 10.7 Å². The van der Waals surface area contributed by atoms with Gasteiger partial charge in [0.1, 0.15) is 11.6 Å². The van der Waals surface area contributed by atoms with Crippen LogP contribution in [0.1, 0.15) is 0 Å². The summed E-state index contributed by atoms with van der Waals surface area (Å²) in [5.74, 6) is 7.92. The lowest BCUT2D eigenvalue weighted by atomic mass is 10.2. The molecule has 0 atom stereocenters. The molecule has 3 rings (SSSR count). The third-order valence-corrected chi connectivity index (χ3v) is 2.88. The molecular weight excluding hydrogens is 266 g/mol. The Morgan fingerprint density at radius 2 is 1.76 bits per heavy atom. The molecule has 0 aliphatic rings. The molecule has 0 saturated carbocycles. The molecule has 0 bridgehead atoms. The van der Waals surface area contributed by atoms with Crippen LogP contribution in [0.4, 0.5) is 17.5 Å². The molecule has 7 heteroatoms. The van der Waals surface area contributed by atoms with Gasteiger partial charge in [0.2, 0.25) is 0 Å². The second kappa shape index (κ2) is 5.59. The summed E-state index contributed by atoms with van der Waals surface area (Å²) in [5.41, 5.74) is 3.47. The minimum absolute atomic E-state index is 0.530. The number of hydrazine groups is 1. The molecule has 0 amide bonds. The smallest absolute Gasteiger partial charge is 0.163 e. The van der Waals surface area contributed by atoms with E-state index < -0.39 is 0 Å². The molecule has 2 heterocycles. The van der Waals surface area contributed by atoms with Crippen molar-refractivity contribution in [2.24, 2.45) is 12.9 Å². The molecule has 0 saturated heterocycles. The minimum atomic E-state index is 0.530. The molecule has 3 aromatic rings. The van der Waals surface area contributed by atoms with Crippen molar-refractivity contribution >= 4 is 17.5 Å². The number of hydrogen-bond acceptors (Lipinski definition) is 6. The molecule has 106 valence electrons. The number of aryl methyl sites for hydroxylation is 1. The maximum absolute atomic E-state index is 5.48. The Kier molecular flexibility index (Phi) is 3.48. The van der Waals surface area contributed by atoms with E-state index in [0.717, 1.165) is 5.56 Å². The van der Waals surface area contributed by atoms with Crippen molar-refractivity contribution < 1.29 is 0 Å². The molecule has 0 radical (unpaired) electrons. The Hall–Kier alpha value is -2.93.